The third kappa shape index (κ3) is 4.69. The zero-order valence-corrected chi connectivity index (χ0v) is 19.8. The summed E-state index contributed by atoms with van der Waals surface area (Å²) in [6.45, 7) is 2.97. The summed E-state index contributed by atoms with van der Waals surface area (Å²) in [4.78, 5) is 32.2. The topological polar surface area (TPSA) is 87.5 Å². The standard InChI is InChI=1S/C25H26ClFN4O3/c1-15(14-32)3-6-23(33)19-13-28-8-7-21(19)29-22-12-18(17-11-16(26)4-5-20(17)27)25(34)31-10-9-30(2)24(22)31/h4-5,7-8,11-13,15,32H,3,6,9-10,14H2,1-2H3,(H,28,29)/t15-/m0/s1. The van der Waals surface area contributed by atoms with Crippen LogP contribution in [0.2, 0.25) is 5.02 Å². The lowest BCUT2D eigenvalue weighted by molar-refractivity contribution is 0.0969. The van der Waals surface area contributed by atoms with Gasteiger partial charge in [0, 0.05) is 56.1 Å². The number of anilines is 3. The fourth-order valence-electron chi connectivity index (χ4n) is 4.10. The van der Waals surface area contributed by atoms with Gasteiger partial charge in [-0.2, -0.15) is 0 Å². The van der Waals surface area contributed by atoms with Gasteiger partial charge < -0.3 is 15.3 Å². The normalized spacial score (nSPS) is 13.6. The van der Waals surface area contributed by atoms with E-state index in [-0.39, 0.29) is 41.4 Å². The average molecular weight is 485 g/mol. The van der Waals surface area contributed by atoms with Gasteiger partial charge in [0.15, 0.2) is 5.78 Å². The molecule has 9 heteroatoms. The Hall–Kier alpha value is -3.23. The van der Waals surface area contributed by atoms with Crippen molar-refractivity contribution in [3.63, 3.8) is 0 Å². The molecule has 1 aliphatic heterocycles. The first-order valence-corrected chi connectivity index (χ1v) is 11.5. The number of hydrogen-bond acceptors (Lipinski definition) is 6. The number of pyridine rings is 2. The van der Waals surface area contributed by atoms with Crippen LogP contribution in [0, 0.1) is 11.7 Å². The SMILES string of the molecule is C[C@H](CO)CCC(=O)c1cnccc1Nc1cc(-c2cc(Cl)ccc2F)c(=O)n2c1N(C)CC2. The van der Waals surface area contributed by atoms with Crippen LogP contribution in [-0.4, -0.2) is 40.6 Å². The minimum atomic E-state index is -0.544. The Morgan fingerprint density at radius 1 is 1.24 bits per heavy atom. The summed E-state index contributed by atoms with van der Waals surface area (Å²) in [6.07, 6.45) is 3.91. The number of rotatable bonds is 8. The second kappa shape index (κ2) is 9.95. The molecular weight excluding hydrogens is 459 g/mol. The molecule has 2 N–H and O–H groups in total. The number of ketones is 1. The van der Waals surface area contributed by atoms with Gasteiger partial charge in [-0.25, -0.2) is 4.39 Å². The predicted octanol–water partition coefficient (Wildman–Crippen LogP) is 4.49. The van der Waals surface area contributed by atoms with Crippen molar-refractivity contribution >= 4 is 34.6 Å². The summed E-state index contributed by atoms with van der Waals surface area (Å²) in [5.74, 6) is 0.0256. The minimum absolute atomic E-state index is 0.0186. The van der Waals surface area contributed by atoms with E-state index in [9.17, 15) is 19.1 Å². The lowest BCUT2D eigenvalue weighted by Gasteiger charge is -2.20. The molecular formula is C25H26ClFN4O3. The van der Waals surface area contributed by atoms with E-state index in [4.69, 9.17) is 11.6 Å². The van der Waals surface area contributed by atoms with Crippen LogP contribution in [0.5, 0.6) is 0 Å². The molecule has 0 amide bonds. The van der Waals surface area contributed by atoms with Gasteiger partial charge in [0.2, 0.25) is 0 Å². The first kappa shape index (κ1) is 23.9. The monoisotopic (exact) mass is 484 g/mol. The summed E-state index contributed by atoms with van der Waals surface area (Å²) < 4.78 is 16.3. The summed E-state index contributed by atoms with van der Waals surface area (Å²) in [7, 11) is 1.87. The van der Waals surface area contributed by atoms with E-state index in [1.807, 2.05) is 18.9 Å². The highest BCUT2D eigenvalue weighted by Crippen LogP contribution is 2.35. The Labute approximate surface area is 201 Å². The molecule has 1 aromatic carbocycles. The number of aliphatic hydroxyl groups excluding tert-OH is 1. The maximum atomic E-state index is 14.7. The molecule has 0 saturated carbocycles. The molecule has 0 unspecified atom stereocenters. The van der Waals surface area contributed by atoms with Crippen LogP contribution in [0.3, 0.4) is 0 Å². The fourth-order valence-corrected chi connectivity index (χ4v) is 4.27. The number of fused-ring (bicyclic) bond motifs is 1. The van der Waals surface area contributed by atoms with Crippen molar-refractivity contribution in [3.8, 4) is 11.1 Å². The van der Waals surface area contributed by atoms with Crippen LogP contribution in [0.1, 0.15) is 30.1 Å². The van der Waals surface area contributed by atoms with Crippen molar-refractivity contribution < 1.29 is 14.3 Å². The van der Waals surface area contributed by atoms with Crippen molar-refractivity contribution in [2.45, 2.75) is 26.3 Å². The van der Waals surface area contributed by atoms with Gasteiger partial charge in [0.1, 0.15) is 11.6 Å². The van der Waals surface area contributed by atoms with Crippen molar-refractivity contribution in [1.82, 2.24) is 9.55 Å². The highest BCUT2D eigenvalue weighted by atomic mass is 35.5. The van der Waals surface area contributed by atoms with Gasteiger partial charge in [-0.3, -0.25) is 19.1 Å². The van der Waals surface area contributed by atoms with E-state index in [1.54, 1.807) is 22.9 Å². The van der Waals surface area contributed by atoms with Crippen molar-refractivity contribution in [2.75, 3.05) is 30.4 Å². The third-order valence-electron chi connectivity index (χ3n) is 6.07. The lowest BCUT2D eigenvalue weighted by atomic mass is 10.0. The maximum Gasteiger partial charge on any atom is 0.260 e. The number of Topliss-reactive ketones (excluding diaryl/α,β-unsaturated/α-hetero) is 1. The van der Waals surface area contributed by atoms with Gasteiger partial charge in [0.05, 0.1) is 22.5 Å². The third-order valence-corrected chi connectivity index (χ3v) is 6.30. The number of carbonyl (C=O) groups excluding carboxylic acids is 1. The Bertz CT molecular complexity index is 1290. The summed E-state index contributed by atoms with van der Waals surface area (Å²) in [5.41, 5.74) is 1.51. The van der Waals surface area contributed by atoms with Crippen LogP contribution in [0.4, 0.5) is 21.6 Å². The zero-order valence-electron chi connectivity index (χ0n) is 19.0. The molecule has 0 bridgehead atoms. The number of nitrogens with zero attached hydrogens (tertiary/aromatic N) is 3. The van der Waals surface area contributed by atoms with Crippen LogP contribution in [-0.2, 0) is 6.54 Å². The molecule has 34 heavy (non-hydrogen) atoms. The minimum Gasteiger partial charge on any atom is -0.396 e. The first-order valence-electron chi connectivity index (χ1n) is 11.1. The summed E-state index contributed by atoms with van der Waals surface area (Å²) in [5, 5.41) is 12.9. The van der Waals surface area contributed by atoms with E-state index in [0.717, 1.165) is 0 Å². The lowest BCUT2D eigenvalue weighted by Crippen LogP contribution is -2.22. The molecule has 3 heterocycles. The molecule has 178 valence electrons. The van der Waals surface area contributed by atoms with Gasteiger partial charge in [-0.05, 0) is 42.7 Å². The van der Waals surface area contributed by atoms with E-state index in [0.29, 0.717) is 47.3 Å². The Morgan fingerprint density at radius 2 is 2.03 bits per heavy atom. The number of carbonyl (C=O) groups is 1. The number of hydrogen-bond donors (Lipinski definition) is 2. The van der Waals surface area contributed by atoms with E-state index < -0.39 is 5.82 Å². The molecule has 0 saturated heterocycles. The molecule has 2 aromatic heterocycles. The second-order valence-corrected chi connectivity index (χ2v) is 9.03. The highest BCUT2D eigenvalue weighted by molar-refractivity contribution is 6.30. The second-order valence-electron chi connectivity index (χ2n) is 8.59. The summed E-state index contributed by atoms with van der Waals surface area (Å²) >= 11 is 6.09. The Kier molecular flexibility index (Phi) is 7.00. The van der Waals surface area contributed by atoms with E-state index in [1.165, 1.54) is 24.4 Å². The van der Waals surface area contributed by atoms with Crippen molar-refractivity contribution in [2.24, 2.45) is 5.92 Å². The molecule has 1 atom stereocenters. The Morgan fingerprint density at radius 3 is 2.79 bits per heavy atom. The number of halogens is 2. The van der Waals surface area contributed by atoms with Crippen molar-refractivity contribution in [3.05, 3.63) is 69.5 Å². The molecule has 0 aliphatic carbocycles. The fraction of sp³-hybridized carbons (Fsp3) is 0.320. The average Bonchev–Trinajstić information content (AvgIpc) is 3.23. The molecule has 0 spiro atoms. The molecule has 1 aliphatic rings. The van der Waals surface area contributed by atoms with Gasteiger partial charge in [-0.15, -0.1) is 0 Å². The largest absolute Gasteiger partial charge is 0.396 e. The molecule has 4 rings (SSSR count). The smallest absolute Gasteiger partial charge is 0.260 e. The van der Waals surface area contributed by atoms with Gasteiger partial charge in [-0.1, -0.05) is 18.5 Å². The summed E-state index contributed by atoms with van der Waals surface area (Å²) in [6, 6.07) is 7.41. The van der Waals surface area contributed by atoms with Crippen LogP contribution in [0.25, 0.3) is 11.1 Å². The number of likely N-dealkylation sites (N-methyl/N-ethyl adjacent to an activating group) is 1. The number of nitrogens with one attached hydrogen (secondary N) is 1. The van der Waals surface area contributed by atoms with E-state index >= 15 is 0 Å². The van der Waals surface area contributed by atoms with Crippen LogP contribution < -0.4 is 15.8 Å². The molecule has 0 radical (unpaired) electrons. The van der Waals surface area contributed by atoms with Crippen LogP contribution in [0.15, 0.2) is 47.5 Å². The predicted molar refractivity (Wildman–Crippen MR) is 132 cm³/mol. The number of aromatic nitrogens is 2. The quantitative estimate of drug-likeness (QED) is 0.458. The molecule has 3 aromatic rings. The van der Waals surface area contributed by atoms with E-state index in [2.05, 4.69) is 10.3 Å². The first-order chi connectivity index (χ1) is 16.3. The number of aliphatic hydroxyl groups is 1. The maximum absolute atomic E-state index is 14.7. The van der Waals surface area contributed by atoms with Gasteiger partial charge >= 0.3 is 0 Å². The molecule has 7 nitrogen and oxygen atoms in total. The highest BCUT2D eigenvalue weighted by Gasteiger charge is 2.25. The molecule has 0 fully saturated rings. The zero-order chi connectivity index (χ0) is 24.4. The van der Waals surface area contributed by atoms with Crippen molar-refractivity contribution in [1.29, 1.82) is 0 Å². The van der Waals surface area contributed by atoms with Crippen LogP contribution >= 0.6 is 11.6 Å². The Balaban J connectivity index is 1.78. The van der Waals surface area contributed by atoms with Gasteiger partial charge in [0.25, 0.3) is 5.56 Å². The number of benzene rings is 1.